The van der Waals surface area contributed by atoms with Crippen molar-refractivity contribution in [2.45, 2.75) is 11.8 Å². The smallest absolute Gasteiger partial charge is 0.264 e. The van der Waals surface area contributed by atoms with E-state index in [-0.39, 0.29) is 15.6 Å². The summed E-state index contributed by atoms with van der Waals surface area (Å²) in [4.78, 5) is 12.8. The molecule has 0 heterocycles. The molecule has 0 aromatic heterocycles. The van der Waals surface area contributed by atoms with Gasteiger partial charge in [0.2, 0.25) is 5.91 Å². The Bertz CT molecular complexity index is 1200. The van der Waals surface area contributed by atoms with Gasteiger partial charge in [-0.15, -0.1) is 0 Å². The lowest BCUT2D eigenvalue weighted by Crippen LogP contribution is -2.38. The number of carbonyl (C=O) groups excluding carboxylic acids is 1. The number of sulfonamides is 1. The Kier molecular flexibility index (Phi) is 7.10. The average molecular weight is 479 g/mol. The van der Waals surface area contributed by atoms with Crippen molar-refractivity contribution >= 4 is 50.5 Å². The highest BCUT2D eigenvalue weighted by Crippen LogP contribution is 2.32. The first-order valence-electron chi connectivity index (χ1n) is 9.19. The molecule has 31 heavy (non-hydrogen) atoms. The minimum atomic E-state index is -4.05. The molecule has 0 aliphatic heterocycles. The van der Waals surface area contributed by atoms with Crippen molar-refractivity contribution in [3.05, 3.63) is 82.3 Å². The number of hydrogen-bond donors (Lipinski definition) is 1. The molecule has 162 valence electrons. The molecule has 0 atom stereocenters. The van der Waals surface area contributed by atoms with E-state index in [0.717, 1.165) is 9.87 Å². The monoisotopic (exact) mass is 478 g/mol. The van der Waals surface area contributed by atoms with Crippen molar-refractivity contribution in [2.24, 2.45) is 0 Å². The van der Waals surface area contributed by atoms with Crippen LogP contribution in [0.2, 0.25) is 10.0 Å². The number of benzene rings is 3. The maximum Gasteiger partial charge on any atom is 0.264 e. The minimum Gasteiger partial charge on any atom is -0.495 e. The van der Waals surface area contributed by atoms with E-state index in [1.807, 2.05) is 6.92 Å². The Morgan fingerprint density at radius 3 is 2.32 bits per heavy atom. The van der Waals surface area contributed by atoms with Gasteiger partial charge in [-0.25, -0.2) is 8.42 Å². The van der Waals surface area contributed by atoms with E-state index in [1.54, 1.807) is 42.5 Å². The van der Waals surface area contributed by atoms with Crippen molar-refractivity contribution in [3.63, 3.8) is 0 Å². The molecule has 0 saturated heterocycles. The molecule has 9 heteroatoms. The number of halogens is 2. The molecule has 1 amide bonds. The van der Waals surface area contributed by atoms with E-state index in [0.29, 0.717) is 16.5 Å². The number of rotatable bonds is 7. The zero-order valence-electron chi connectivity index (χ0n) is 16.8. The molecular weight excluding hydrogens is 459 g/mol. The fourth-order valence-corrected chi connectivity index (χ4v) is 4.71. The molecule has 0 aliphatic rings. The Hall–Kier alpha value is -2.74. The van der Waals surface area contributed by atoms with Gasteiger partial charge in [0, 0.05) is 10.7 Å². The average Bonchev–Trinajstić information content (AvgIpc) is 2.75. The number of hydrogen-bond acceptors (Lipinski definition) is 4. The molecule has 3 aromatic carbocycles. The molecular formula is C22H20Cl2N2O4S. The quantitative estimate of drug-likeness (QED) is 0.509. The zero-order valence-corrected chi connectivity index (χ0v) is 19.1. The third-order valence-electron chi connectivity index (χ3n) is 4.50. The highest BCUT2D eigenvalue weighted by atomic mass is 35.5. The van der Waals surface area contributed by atoms with Crippen LogP contribution in [0.3, 0.4) is 0 Å². The number of methoxy groups -OCH3 is 1. The molecule has 0 fully saturated rings. The topological polar surface area (TPSA) is 75.7 Å². The van der Waals surface area contributed by atoms with Gasteiger partial charge in [0.1, 0.15) is 12.3 Å². The summed E-state index contributed by atoms with van der Waals surface area (Å²) in [5.74, 6) is -0.146. The van der Waals surface area contributed by atoms with Crippen LogP contribution in [-0.2, 0) is 14.8 Å². The van der Waals surface area contributed by atoms with E-state index < -0.39 is 22.5 Å². The first-order chi connectivity index (χ1) is 14.7. The van der Waals surface area contributed by atoms with Crippen LogP contribution in [0, 0.1) is 6.92 Å². The lowest BCUT2D eigenvalue weighted by Gasteiger charge is -2.24. The standard InChI is InChI=1S/C22H20Cl2N2O4S/c1-15-8-9-16(12-19(15)23)25-22(27)14-26(17-10-11-21(30-2)20(24)13-17)31(28,29)18-6-4-3-5-7-18/h3-13H,14H2,1-2H3,(H,25,27). The van der Waals surface area contributed by atoms with Gasteiger partial charge in [-0.05, 0) is 55.0 Å². The predicted octanol–water partition coefficient (Wildman–Crippen LogP) is 5.14. The van der Waals surface area contributed by atoms with Crippen molar-refractivity contribution in [3.8, 4) is 5.75 Å². The van der Waals surface area contributed by atoms with Gasteiger partial charge in [-0.1, -0.05) is 47.5 Å². The fraction of sp³-hybridized carbons (Fsp3) is 0.136. The number of ether oxygens (including phenoxy) is 1. The van der Waals surface area contributed by atoms with Crippen LogP contribution in [0.5, 0.6) is 5.75 Å². The summed E-state index contributed by atoms with van der Waals surface area (Å²) in [6, 6.07) is 17.4. The van der Waals surface area contributed by atoms with Gasteiger partial charge in [0.25, 0.3) is 10.0 Å². The van der Waals surface area contributed by atoms with Crippen molar-refractivity contribution in [1.29, 1.82) is 0 Å². The minimum absolute atomic E-state index is 0.0492. The molecule has 6 nitrogen and oxygen atoms in total. The molecule has 0 spiro atoms. The van der Waals surface area contributed by atoms with Gasteiger partial charge in [0.05, 0.1) is 22.7 Å². The Morgan fingerprint density at radius 1 is 1.00 bits per heavy atom. The van der Waals surface area contributed by atoms with E-state index in [4.69, 9.17) is 27.9 Å². The molecule has 0 aliphatic carbocycles. The van der Waals surface area contributed by atoms with Gasteiger partial charge < -0.3 is 10.1 Å². The predicted molar refractivity (Wildman–Crippen MR) is 124 cm³/mol. The van der Waals surface area contributed by atoms with Crippen LogP contribution in [0.25, 0.3) is 0 Å². The highest BCUT2D eigenvalue weighted by molar-refractivity contribution is 7.92. The normalized spacial score (nSPS) is 11.1. The van der Waals surface area contributed by atoms with Gasteiger partial charge in [0.15, 0.2) is 0 Å². The van der Waals surface area contributed by atoms with Crippen LogP contribution in [-0.4, -0.2) is 28.0 Å². The number of carbonyl (C=O) groups is 1. The van der Waals surface area contributed by atoms with E-state index in [2.05, 4.69) is 5.32 Å². The number of nitrogens with one attached hydrogen (secondary N) is 1. The maximum absolute atomic E-state index is 13.3. The van der Waals surface area contributed by atoms with Gasteiger partial charge in [-0.2, -0.15) is 0 Å². The Balaban J connectivity index is 1.96. The number of anilines is 2. The van der Waals surface area contributed by atoms with E-state index in [9.17, 15) is 13.2 Å². The molecule has 0 bridgehead atoms. The lowest BCUT2D eigenvalue weighted by atomic mass is 10.2. The van der Waals surface area contributed by atoms with Crippen LogP contribution in [0.1, 0.15) is 5.56 Å². The summed E-state index contributed by atoms with van der Waals surface area (Å²) >= 11 is 12.3. The van der Waals surface area contributed by atoms with Gasteiger partial charge in [-0.3, -0.25) is 9.10 Å². The second-order valence-corrected chi connectivity index (χ2v) is 9.33. The Labute approximate surface area is 191 Å². The second kappa shape index (κ2) is 9.60. The summed E-state index contributed by atoms with van der Waals surface area (Å²) in [5, 5.41) is 3.40. The number of aryl methyl sites for hydroxylation is 1. The molecule has 0 unspecified atom stereocenters. The first kappa shape index (κ1) is 22.9. The third-order valence-corrected chi connectivity index (χ3v) is 6.99. The summed E-state index contributed by atoms with van der Waals surface area (Å²) < 4.78 is 32.8. The second-order valence-electron chi connectivity index (χ2n) is 6.66. The van der Waals surface area contributed by atoms with E-state index >= 15 is 0 Å². The fourth-order valence-electron chi connectivity index (χ4n) is 2.85. The summed E-state index contributed by atoms with van der Waals surface area (Å²) in [6.07, 6.45) is 0. The molecule has 0 radical (unpaired) electrons. The zero-order chi connectivity index (χ0) is 22.6. The Morgan fingerprint density at radius 2 is 1.71 bits per heavy atom. The highest BCUT2D eigenvalue weighted by Gasteiger charge is 2.27. The number of nitrogens with zero attached hydrogens (tertiary/aromatic N) is 1. The van der Waals surface area contributed by atoms with Crippen LogP contribution < -0.4 is 14.4 Å². The summed E-state index contributed by atoms with van der Waals surface area (Å²) in [7, 11) is -2.59. The van der Waals surface area contributed by atoms with Crippen LogP contribution >= 0.6 is 23.2 Å². The first-order valence-corrected chi connectivity index (χ1v) is 11.4. The number of amides is 1. The van der Waals surface area contributed by atoms with Crippen molar-refractivity contribution < 1.29 is 17.9 Å². The van der Waals surface area contributed by atoms with E-state index in [1.165, 1.54) is 31.4 Å². The molecule has 3 aromatic rings. The van der Waals surface area contributed by atoms with Crippen LogP contribution in [0.4, 0.5) is 11.4 Å². The van der Waals surface area contributed by atoms with Crippen molar-refractivity contribution in [1.82, 2.24) is 0 Å². The molecule has 1 N–H and O–H groups in total. The molecule has 3 rings (SSSR count). The van der Waals surface area contributed by atoms with Crippen molar-refractivity contribution in [2.75, 3.05) is 23.3 Å². The third kappa shape index (κ3) is 5.31. The largest absolute Gasteiger partial charge is 0.495 e. The maximum atomic E-state index is 13.3. The van der Waals surface area contributed by atoms with Gasteiger partial charge >= 0.3 is 0 Å². The summed E-state index contributed by atoms with van der Waals surface area (Å²) in [5.41, 5.74) is 1.55. The summed E-state index contributed by atoms with van der Waals surface area (Å²) in [6.45, 7) is 1.38. The SMILES string of the molecule is COc1ccc(N(CC(=O)Nc2ccc(C)c(Cl)c2)S(=O)(=O)c2ccccc2)cc1Cl. The van der Waals surface area contributed by atoms with Crippen LogP contribution in [0.15, 0.2) is 71.6 Å². The molecule has 0 saturated carbocycles. The lowest BCUT2D eigenvalue weighted by molar-refractivity contribution is -0.114.